The van der Waals surface area contributed by atoms with Crippen LogP contribution in [-0.4, -0.2) is 63.1 Å². The molecule has 14 heteroatoms. The van der Waals surface area contributed by atoms with Gasteiger partial charge < -0.3 is 9.47 Å². The molecule has 404 valence electrons. The Kier molecular flexibility index (Phi) is 16.4. The average molecular weight is 1050 g/mol. The van der Waals surface area contributed by atoms with E-state index in [1.165, 1.54) is 0 Å². The minimum Gasteiger partial charge on any atom is -0.457 e. The summed E-state index contributed by atoms with van der Waals surface area (Å²) >= 11 is 0. The highest BCUT2D eigenvalue weighted by atomic mass is 16.7. The molecule has 16 bridgehead atoms. The lowest BCUT2D eigenvalue weighted by molar-refractivity contribution is -0.272. The molecule has 15 rings (SSSR count). The molecule has 0 amide bonds. The summed E-state index contributed by atoms with van der Waals surface area (Å²) < 4.78 is 15.0. The fourth-order valence-corrected chi connectivity index (χ4v) is 9.87. The van der Waals surface area contributed by atoms with Crippen molar-refractivity contribution in [2.45, 2.75) is 132 Å². The minimum absolute atomic E-state index is 0.113. The van der Waals surface area contributed by atoms with Gasteiger partial charge in [0, 0.05) is 22.2 Å². The smallest absolute Gasteiger partial charge is 0.338 e. The lowest BCUT2D eigenvalue weighted by atomic mass is 9.91. The fraction of sp³-hybridized carbons (Fsp3) is 0.344. The SMILES string of the molecule is CC1ON(C(C)(C)C)C(C(C)C)c2cccc(c2)-c2cn(nn2)-c2ccc(cc2)C(=O)OCc2ccc(cc2)C(C)ON(C(C)(C)C)C(C(C)C)c2cccc(c2)-c2cn(nn2)-c2ccc(cc2)C(=O)OCc2ccc1cc2. The van der Waals surface area contributed by atoms with E-state index < -0.39 is 11.9 Å². The molecule has 6 aromatic carbocycles. The van der Waals surface area contributed by atoms with Crippen molar-refractivity contribution in [2.24, 2.45) is 11.8 Å². The van der Waals surface area contributed by atoms with Gasteiger partial charge in [-0.2, -0.15) is 10.1 Å². The van der Waals surface area contributed by atoms with Crippen molar-refractivity contribution in [2.75, 3.05) is 0 Å². The highest BCUT2D eigenvalue weighted by Gasteiger charge is 2.37. The lowest BCUT2D eigenvalue weighted by Crippen LogP contribution is -2.46. The summed E-state index contributed by atoms with van der Waals surface area (Å²) in [6.45, 7) is 26.1. The summed E-state index contributed by atoms with van der Waals surface area (Å²) in [5.41, 5.74) is 10.7. The number of carbonyl (C=O) groups is 2. The van der Waals surface area contributed by atoms with Crippen molar-refractivity contribution in [1.29, 1.82) is 0 Å². The molecular formula is C64H72N8O6. The van der Waals surface area contributed by atoms with Gasteiger partial charge in [-0.15, -0.1) is 10.2 Å². The molecule has 7 aliphatic rings. The highest BCUT2D eigenvalue weighted by molar-refractivity contribution is 5.90. The molecule has 0 N–H and O–H groups in total. The maximum atomic E-state index is 13.3. The predicted molar refractivity (Wildman–Crippen MR) is 302 cm³/mol. The van der Waals surface area contributed by atoms with E-state index in [4.69, 9.17) is 19.1 Å². The first-order chi connectivity index (χ1) is 37.2. The van der Waals surface area contributed by atoms with Crippen molar-refractivity contribution in [3.63, 3.8) is 0 Å². The number of rotatable bonds is 2. The molecule has 0 fully saturated rings. The van der Waals surface area contributed by atoms with Gasteiger partial charge in [0.05, 0.1) is 47.0 Å². The minimum atomic E-state index is -0.424. The zero-order chi connectivity index (χ0) is 55.5. The summed E-state index contributed by atoms with van der Waals surface area (Å²) in [6.07, 6.45) is 3.19. The average Bonchev–Trinajstić information content (AvgIpc) is 4.13. The van der Waals surface area contributed by atoms with Gasteiger partial charge >= 0.3 is 11.9 Å². The molecule has 0 saturated heterocycles. The second-order valence-electron chi connectivity index (χ2n) is 22.9. The maximum absolute atomic E-state index is 13.3. The van der Waals surface area contributed by atoms with Crippen LogP contribution >= 0.6 is 0 Å². The number of esters is 2. The van der Waals surface area contributed by atoms with Gasteiger partial charge in [-0.05, 0) is 161 Å². The Hall–Kier alpha value is -7.62. The van der Waals surface area contributed by atoms with Crippen molar-refractivity contribution in [3.8, 4) is 33.9 Å². The molecule has 9 heterocycles. The summed E-state index contributed by atoms with van der Waals surface area (Å²) in [4.78, 5) is 40.5. The van der Waals surface area contributed by atoms with Crippen molar-refractivity contribution >= 4 is 11.9 Å². The number of carbonyl (C=O) groups excluding carboxylic acids is 2. The molecule has 7 aliphatic heterocycles. The van der Waals surface area contributed by atoms with Crippen molar-refractivity contribution < 1.29 is 28.7 Å². The summed E-state index contributed by atoms with van der Waals surface area (Å²) in [7, 11) is 0. The number of hydrogen-bond donors (Lipinski definition) is 0. The molecule has 0 spiro atoms. The van der Waals surface area contributed by atoms with Crippen LogP contribution in [0.15, 0.2) is 158 Å². The molecule has 4 unspecified atom stereocenters. The first-order valence-electron chi connectivity index (χ1n) is 26.9. The molecule has 2 aromatic heterocycles. The van der Waals surface area contributed by atoms with Crippen molar-refractivity contribution in [1.82, 2.24) is 40.1 Å². The Morgan fingerprint density at radius 2 is 0.821 bits per heavy atom. The van der Waals surface area contributed by atoms with Gasteiger partial charge in [0.2, 0.25) is 0 Å². The largest absolute Gasteiger partial charge is 0.457 e. The zero-order valence-electron chi connectivity index (χ0n) is 46.9. The van der Waals surface area contributed by atoms with Crippen LogP contribution in [-0.2, 0) is 32.4 Å². The van der Waals surface area contributed by atoms with E-state index in [0.29, 0.717) is 22.5 Å². The van der Waals surface area contributed by atoms with E-state index in [1.54, 1.807) is 33.6 Å². The lowest BCUT2D eigenvalue weighted by Gasteiger charge is -2.44. The molecule has 14 nitrogen and oxygen atoms in total. The van der Waals surface area contributed by atoms with Crippen LogP contribution in [0, 0.1) is 11.8 Å². The van der Waals surface area contributed by atoms with Crippen LogP contribution in [0.2, 0.25) is 0 Å². The zero-order valence-corrected chi connectivity index (χ0v) is 46.9. The third-order valence-corrected chi connectivity index (χ3v) is 14.0. The number of ether oxygens (including phenoxy) is 2. The quantitative estimate of drug-likeness (QED) is 0.152. The van der Waals surface area contributed by atoms with E-state index in [-0.39, 0.29) is 60.4 Å². The maximum Gasteiger partial charge on any atom is 0.338 e. The Morgan fingerprint density at radius 1 is 0.462 bits per heavy atom. The Balaban J connectivity index is 0.999. The van der Waals surface area contributed by atoms with Gasteiger partial charge in [0.15, 0.2) is 0 Å². The van der Waals surface area contributed by atoms with Gasteiger partial charge in [0.1, 0.15) is 36.8 Å². The van der Waals surface area contributed by atoms with Crippen molar-refractivity contribution in [3.05, 3.63) is 202 Å². The van der Waals surface area contributed by atoms with E-state index in [9.17, 15) is 9.59 Å². The van der Waals surface area contributed by atoms with Crippen LogP contribution in [0.5, 0.6) is 0 Å². The van der Waals surface area contributed by atoms with Crippen LogP contribution in [0.3, 0.4) is 0 Å². The Morgan fingerprint density at radius 3 is 1.15 bits per heavy atom. The summed E-state index contributed by atoms with van der Waals surface area (Å²) in [5.74, 6) is -0.504. The first kappa shape index (κ1) is 55.1. The second-order valence-corrected chi connectivity index (χ2v) is 22.9. The molecular weight excluding hydrogens is 977 g/mol. The van der Waals surface area contributed by atoms with E-state index in [1.807, 2.05) is 109 Å². The third-order valence-electron chi connectivity index (χ3n) is 14.0. The number of nitrogens with zero attached hydrogens (tertiary/aromatic N) is 8. The van der Waals surface area contributed by atoms with E-state index >= 15 is 0 Å². The number of benzene rings is 6. The van der Waals surface area contributed by atoms with Crippen LogP contribution in [0.4, 0.5) is 0 Å². The second kappa shape index (κ2) is 23.1. The predicted octanol–water partition coefficient (Wildman–Crippen LogP) is 14.2. The number of hydrogen-bond acceptors (Lipinski definition) is 12. The molecule has 0 aliphatic carbocycles. The molecule has 4 atom stereocenters. The molecule has 0 saturated carbocycles. The fourth-order valence-electron chi connectivity index (χ4n) is 9.87. The summed E-state index contributed by atoms with van der Waals surface area (Å²) in [5, 5.41) is 22.3. The third kappa shape index (κ3) is 12.7. The molecule has 0 radical (unpaired) electrons. The van der Waals surface area contributed by atoms with Crippen LogP contribution in [0.25, 0.3) is 33.9 Å². The highest BCUT2D eigenvalue weighted by Crippen LogP contribution is 2.40. The van der Waals surface area contributed by atoms with Gasteiger partial charge in [0.25, 0.3) is 0 Å². The standard InChI is InChI=1S/C64H72N8O6/c1-41(2)59-53-17-13-15-51(35-53)57-37-69(67-65-57)55-31-27-49(28-32-55)62(74)76-40-46-21-25-48(26-22-46)44(6)78-72(64(10,11)12)60(42(3)4)54-18-14-16-52(36-54)58-38-70(68-66-58)56-33-29-50(30-34-56)61(73)75-39-45-19-23-47(24-20-45)43(5)77-71(59)63(7,8)9/h13-38,41-44,59-60H,39-40H2,1-12H3. The van der Waals surface area contributed by atoms with Gasteiger partial charge in [-0.25, -0.2) is 19.0 Å². The molecule has 8 aromatic rings. The normalized spacial score (nSPS) is 18.7. The van der Waals surface area contributed by atoms with Gasteiger partial charge in [-0.1, -0.05) is 123 Å². The Bertz CT molecular complexity index is 3090. The first-order valence-corrected chi connectivity index (χ1v) is 26.9. The summed E-state index contributed by atoms with van der Waals surface area (Å²) in [6, 6.07) is 46.8. The topological polar surface area (TPSA) is 139 Å². The Labute approximate surface area is 458 Å². The number of hydroxylamine groups is 4. The molecule has 78 heavy (non-hydrogen) atoms. The van der Waals surface area contributed by atoms with Crippen LogP contribution in [0.1, 0.15) is 161 Å². The number of aromatic nitrogens is 6. The monoisotopic (exact) mass is 1050 g/mol. The van der Waals surface area contributed by atoms with E-state index in [0.717, 1.165) is 55.9 Å². The van der Waals surface area contributed by atoms with Crippen LogP contribution < -0.4 is 0 Å². The van der Waals surface area contributed by atoms with Gasteiger partial charge in [-0.3, -0.25) is 9.68 Å². The van der Waals surface area contributed by atoms with E-state index in [2.05, 4.69) is 138 Å².